The monoisotopic (exact) mass is 317 g/mol. The van der Waals surface area contributed by atoms with Crippen LogP contribution >= 0.6 is 0 Å². The lowest BCUT2D eigenvalue weighted by Gasteiger charge is -2.01. The maximum atomic E-state index is 12.5. The molecule has 0 unspecified atom stereocenters. The molecule has 0 saturated heterocycles. The Morgan fingerprint density at radius 3 is 1.50 bits per heavy atom. The van der Waals surface area contributed by atoms with Gasteiger partial charge >= 0.3 is 10.1 Å². The highest BCUT2D eigenvalue weighted by atomic mass is 32.2. The van der Waals surface area contributed by atoms with Crippen molar-refractivity contribution in [1.82, 2.24) is 4.73 Å². The second-order valence-corrected chi connectivity index (χ2v) is 6.33. The van der Waals surface area contributed by atoms with E-state index in [2.05, 4.69) is 4.28 Å². The minimum Gasteiger partial charge on any atom is -0.281 e. The number of hydrogen-bond acceptors (Lipinski definition) is 5. The van der Waals surface area contributed by atoms with Gasteiger partial charge in [-0.2, -0.15) is 8.42 Å². The molecule has 0 amide bonds. The Morgan fingerprint density at radius 1 is 0.773 bits per heavy atom. The van der Waals surface area contributed by atoms with E-state index in [4.69, 9.17) is 0 Å². The fourth-order valence-electron chi connectivity index (χ4n) is 2.32. The van der Waals surface area contributed by atoms with E-state index in [1.165, 1.54) is 12.1 Å². The predicted octanol–water partition coefficient (Wildman–Crippen LogP) is 0.903. The molecule has 0 saturated carbocycles. The molecule has 1 aromatic heterocycles. The first-order valence-corrected chi connectivity index (χ1v) is 8.17. The zero-order valence-corrected chi connectivity index (χ0v) is 12.3. The molecule has 7 heteroatoms. The Balaban J connectivity index is 2.67. The van der Waals surface area contributed by atoms with Gasteiger partial charge in [0.15, 0.2) is 0 Å². The van der Waals surface area contributed by atoms with Gasteiger partial charge in [0.2, 0.25) is 0 Å². The van der Waals surface area contributed by atoms with Crippen LogP contribution < -0.4 is 15.4 Å². The van der Waals surface area contributed by atoms with Gasteiger partial charge in [0.05, 0.1) is 17.0 Å². The van der Waals surface area contributed by atoms with E-state index in [9.17, 15) is 18.0 Å². The summed E-state index contributed by atoms with van der Waals surface area (Å²) < 4.78 is 27.6. The summed E-state index contributed by atoms with van der Waals surface area (Å²) in [6.45, 7) is 0. The Bertz CT molecular complexity index is 1040. The third kappa shape index (κ3) is 2.35. The zero-order chi connectivity index (χ0) is 15.9. The number of nitrogens with zero attached hydrogens (tertiary/aromatic N) is 1. The van der Waals surface area contributed by atoms with Gasteiger partial charge in [-0.05, 0) is 22.9 Å². The first-order chi connectivity index (χ1) is 10.4. The highest BCUT2D eigenvalue weighted by molar-refractivity contribution is 7.86. The summed E-state index contributed by atoms with van der Waals surface area (Å²) in [5, 5.41) is 1.50. The minimum atomic E-state index is -4.03. The van der Waals surface area contributed by atoms with Crippen molar-refractivity contribution in [3.63, 3.8) is 0 Å². The predicted molar refractivity (Wildman–Crippen MR) is 83.4 cm³/mol. The van der Waals surface area contributed by atoms with Crippen LogP contribution in [0.4, 0.5) is 0 Å². The van der Waals surface area contributed by atoms with Crippen LogP contribution in [0.2, 0.25) is 0 Å². The third-order valence-corrected chi connectivity index (χ3v) is 3.60. The summed E-state index contributed by atoms with van der Waals surface area (Å²) in [5.74, 6) is 0. The average molecular weight is 317 g/mol. The van der Waals surface area contributed by atoms with Crippen LogP contribution in [-0.2, 0) is 10.1 Å². The Hall–Kier alpha value is -2.67. The van der Waals surface area contributed by atoms with Crippen molar-refractivity contribution >= 4 is 31.7 Å². The normalized spacial score (nSPS) is 11.7. The van der Waals surface area contributed by atoms with Crippen LogP contribution in [0.1, 0.15) is 0 Å². The van der Waals surface area contributed by atoms with Crippen molar-refractivity contribution in [2.45, 2.75) is 0 Å². The third-order valence-electron chi connectivity index (χ3n) is 3.18. The van der Waals surface area contributed by atoms with E-state index in [0.29, 0.717) is 15.5 Å². The molecule has 112 valence electrons. The molecule has 3 aromatic rings. The van der Waals surface area contributed by atoms with Gasteiger partial charge in [0.1, 0.15) is 0 Å². The molecule has 0 aliphatic carbocycles. The summed E-state index contributed by atoms with van der Waals surface area (Å²) in [6, 6.07) is 13.2. The Kier molecular flexibility index (Phi) is 3.22. The van der Waals surface area contributed by atoms with Crippen molar-refractivity contribution in [3.05, 3.63) is 69.2 Å². The van der Waals surface area contributed by atoms with Gasteiger partial charge in [0, 0.05) is 0 Å². The summed E-state index contributed by atoms with van der Waals surface area (Å²) in [4.78, 5) is 25.0. The lowest BCUT2D eigenvalue weighted by molar-refractivity contribution is 0.264. The van der Waals surface area contributed by atoms with Crippen molar-refractivity contribution in [1.29, 1.82) is 0 Å². The molecule has 3 rings (SSSR count). The van der Waals surface area contributed by atoms with Crippen LogP contribution in [0.5, 0.6) is 0 Å². The molecule has 0 bridgehead atoms. The van der Waals surface area contributed by atoms with E-state index < -0.39 is 21.2 Å². The van der Waals surface area contributed by atoms with Crippen LogP contribution in [-0.4, -0.2) is 19.4 Å². The van der Waals surface area contributed by atoms with Crippen LogP contribution in [0.25, 0.3) is 21.5 Å². The summed E-state index contributed by atoms with van der Waals surface area (Å²) >= 11 is 0. The number of rotatable bonds is 2. The van der Waals surface area contributed by atoms with Crippen molar-refractivity contribution in [2.24, 2.45) is 0 Å². The quantitative estimate of drug-likeness (QED) is 0.701. The fourth-order valence-corrected chi connectivity index (χ4v) is 2.73. The highest BCUT2D eigenvalue weighted by Crippen LogP contribution is 2.18. The second-order valence-electron chi connectivity index (χ2n) is 4.77. The van der Waals surface area contributed by atoms with Gasteiger partial charge < -0.3 is 0 Å². The second kappa shape index (κ2) is 4.96. The van der Waals surface area contributed by atoms with Crippen LogP contribution in [0.3, 0.4) is 0 Å². The first-order valence-electron chi connectivity index (χ1n) is 6.35. The topological polar surface area (TPSA) is 82.4 Å². The largest absolute Gasteiger partial charge is 0.324 e. The summed E-state index contributed by atoms with van der Waals surface area (Å²) in [6.07, 6.45) is 0.774. The van der Waals surface area contributed by atoms with E-state index in [1.54, 1.807) is 36.4 Å². The van der Waals surface area contributed by atoms with E-state index >= 15 is 0 Å². The van der Waals surface area contributed by atoms with Crippen LogP contribution in [0, 0.1) is 0 Å². The maximum absolute atomic E-state index is 12.5. The molecule has 0 atom stereocenters. The van der Waals surface area contributed by atoms with Crippen molar-refractivity contribution in [3.8, 4) is 0 Å². The van der Waals surface area contributed by atoms with Gasteiger partial charge in [-0.1, -0.05) is 41.1 Å². The summed E-state index contributed by atoms with van der Waals surface area (Å²) in [7, 11) is -4.03. The highest BCUT2D eigenvalue weighted by Gasteiger charge is 2.14. The molecule has 0 aliphatic heterocycles. The maximum Gasteiger partial charge on any atom is 0.324 e. The SMILES string of the molecule is CS(=O)(=O)On1c(=O)c2ccccc2c2ccccc2c1=O. The molecule has 0 radical (unpaired) electrons. The van der Waals surface area contributed by atoms with Crippen molar-refractivity contribution in [2.75, 3.05) is 6.26 Å². The fraction of sp³-hybridized carbons (Fsp3) is 0.0667. The van der Waals surface area contributed by atoms with E-state index in [0.717, 1.165) is 6.26 Å². The number of aromatic nitrogens is 1. The lowest BCUT2D eigenvalue weighted by Crippen LogP contribution is -2.38. The van der Waals surface area contributed by atoms with Gasteiger partial charge in [0.25, 0.3) is 11.1 Å². The van der Waals surface area contributed by atoms with Gasteiger partial charge in [-0.25, -0.2) is 0 Å². The van der Waals surface area contributed by atoms with Gasteiger partial charge in [-0.3, -0.25) is 13.9 Å². The number of fused-ring (bicyclic) bond motifs is 3. The molecular formula is C15H11NO5S. The molecule has 6 nitrogen and oxygen atoms in total. The molecule has 0 spiro atoms. The minimum absolute atomic E-state index is 0.199. The van der Waals surface area contributed by atoms with E-state index in [-0.39, 0.29) is 10.8 Å². The standard InChI is InChI=1S/C15H11NO5S/c1-22(19,20)21-16-14(17)12-8-4-2-6-10(12)11-7-3-5-9-13(11)15(16)18/h2-9H,1H3. The van der Waals surface area contributed by atoms with Crippen LogP contribution in [0.15, 0.2) is 58.1 Å². The number of hydrogen-bond donors (Lipinski definition) is 0. The van der Waals surface area contributed by atoms with E-state index in [1.807, 2.05) is 0 Å². The lowest BCUT2D eigenvalue weighted by atomic mass is 10.1. The molecule has 2 aromatic carbocycles. The number of benzene rings is 2. The van der Waals surface area contributed by atoms with Crippen molar-refractivity contribution < 1.29 is 12.7 Å². The average Bonchev–Trinajstić information content (AvgIpc) is 2.57. The molecule has 1 heterocycles. The molecule has 22 heavy (non-hydrogen) atoms. The molecule has 0 aliphatic rings. The first kappa shape index (κ1) is 14.3. The molecular weight excluding hydrogens is 306 g/mol. The Morgan fingerprint density at radius 2 is 1.14 bits per heavy atom. The Labute approximate surface area is 125 Å². The summed E-state index contributed by atoms with van der Waals surface area (Å²) in [5.41, 5.74) is -1.63. The van der Waals surface area contributed by atoms with Gasteiger partial charge in [-0.15, -0.1) is 0 Å². The molecule has 0 fully saturated rings. The smallest absolute Gasteiger partial charge is 0.281 e. The molecule has 0 N–H and O–H groups in total. The zero-order valence-electron chi connectivity index (χ0n) is 11.5.